The topological polar surface area (TPSA) is 60.9 Å². The molecular weight excluding hydrogens is 288 g/mol. The zero-order chi connectivity index (χ0) is 16.2. The summed E-state index contributed by atoms with van der Waals surface area (Å²) in [6, 6.07) is 3.78. The van der Waals surface area contributed by atoms with Crippen LogP contribution in [0.1, 0.15) is 32.6 Å². The van der Waals surface area contributed by atoms with E-state index in [0.717, 1.165) is 6.42 Å². The molecule has 21 heavy (non-hydrogen) atoms. The van der Waals surface area contributed by atoms with Crippen LogP contribution in [0.3, 0.4) is 0 Å². The molecule has 5 nitrogen and oxygen atoms in total. The van der Waals surface area contributed by atoms with Gasteiger partial charge >= 0.3 is 12.0 Å². The lowest BCUT2D eigenvalue weighted by molar-refractivity contribution is -0.138. The third-order valence-electron chi connectivity index (χ3n) is 3.37. The number of hydrogen-bond donors (Lipinski definition) is 1. The lowest BCUT2D eigenvalue weighted by atomic mass is 10.1. The lowest BCUT2D eigenvalue weighted by Crippen LogP contribution is -2.54. The van der Waals surface area contributed by atoms with Crippen LogP contribution in [0.4, 0.5) is 4.79 Å². The van der Waals surface area contributed by atoms with Crippen molar-refractivity contribution in [1.82, 2.24) is 9.80 Å². The minimum absolute atomic E-state index is 0.00907. The molecule has 1 aromatic rings. The molecule has 1 rings (SSSR count). The molecule has 0 aliphatic heterocycles. The standard InChI is InChI=1S/C15H24N2O3S/c1-11(9-12-7-6-8-21-12)16(5)14(20)17(10-13(18)19)15(2,3)4/h6-8,11H,9-10H2,1-5H3,(H,18,19). The molecule has 0 aromatic carbocycles. The van der Waals surface area contributed by atoms with Gasteiger partial charge in [-0.05, 0) is 39.1 Å². The average Bonchev–Trinajstić information content (AvgIpc) is 2.85. The fourth-order valence-corrected chi connectivity index (χ4v) is 2.79. The Bertz CT molecular complexity index is 480. The van der Waals surface area contributed by atoms with Crippen LogP contribution in [-0.4, -0.2) is 52.1 Å². The molecule has 1 atom stereocenters. The summed E-state index contributed by atoms with van der Waals surface area (Å²) in [7, 11) is 1.72. The molecule has 0 fully saturated rings. The molecule has 0 saturated heterocycles. The van der Waals surface area contributed by atoms with Gasteiger partial charge in [-0.15, -0.1) is 11.3 Å². The molecule has 2 amide bonds. The van der Waals surface area contributed by atoms with E-state index < -0.39 is 11.5 Å². The number of rotatable bonds is 5. The molecule has 0 radical (unpaired) electrons. The number of nitrogens with zero attached hydrogens (tertiary/aromatic N) is 2. The number of carboxylic acid groups (broad SMARTS) is 1. The Morgan fingerprint density at radius 3 is 2.43 bits per heavy atom. The Balaban J connectivity index is 2.79. The predicted molar refractivity (Wildman–Crippen MR) is 84.7 cm³/mol. The van der Waals surface area contributed by atoms with Gasteiger partial charge in [-0.25, -0.2) is 4.79 Å². The number of carbonyl (C=O) groups excluding carboxylic acids is 1. The second kappa shape index (κ2) is 6.93. The number of thiophene rings is 1. The van der Waals surface area contributed by atoms with E-state index in [1.807, 2.05) is 45.2 Å². The van der Waals surface area contributed by atoms with Gasteiger partial charge in [0.25, 0.3) is 0 Å². The van der Waals surface area contributed by atoms with Crippen molar-refractivity contribution in [3.8, 4) is 0 Å². The largest absolute Gasteiger partial charge is 0.480 e. The van der Waals surface area contributed by atoms with Gasteiger partial charge in [0.2, 0.25) is 0 Å². The Labute approximate surface area is 130 Å². The quantitative estimate of drug-likeness (QED) is 0.909. The van der Waals surface area contributed by atoms with Gasteiger partial charge in [-0.1, -0.05) is 6.07 Å². The molecule has 1 N–H and O–H groups in total. The number of amides is 2. The maximum absolute atomic E-state index is 12.6. The van der Waals surface area contributed by atoms with Crippen molar-refractivity contribution in [2.75, 3.05) is 13.6 Å². The Morgan fingerprint density at radius 1 is 1.38 bits per heavy atom. The molecule has 0 bridgehead atoms. The Kier molecular flexibility index (Phi) is 5.78. The summed E-state index contributed by atoms with van der Waals surface area (Å²) in [5, 5.41) is 11.0. The van der Waals surface area contributed by atoms with E-state index in [-0.39, 0.29) is 18.6 Å². The van der Waals surface area contributed by atoms with E-state index in [4.69, 9.17) is 5.11 Å². The van der Waals surface area contributed by atoms with Gasteiger partial charge < -0.3 is 14.9 Å². The Hall–Kier alpha value is -1.56. The molecule has 6 heteroatoms. The zero-order valence-electron chi connectivity index (χ0n) is 13.3. The summed E-state index contributed by atoms with van der Waals surface area (Å²) < 4.78 is 0. The molecule has 0 aliphatic rings. The van der Waals surface area contributed by atoms with E-state index in [0.29, 0.717) is 0 Å². The van der Waals surface area contributed by atoms with Crippen molar-refractivity contribution in [3.63, 3.8) is 0 Å². The molecule has 118 valence electrons. The van der Waals surface area contributed by atoms with Crippen molar-refractivity contribution in [3.05, 3.63) is 22.4 Å². The van der Waals surface area contributed by atoms with Crippen LogP contribution >= 0.6 is 11.3 Å². The average molecular weight is 312 g/mol. The van der Waals surface area contributed by atoms with E-state index in [1.165, 1.54) is 9.78 Å². The number of carbonyl (C=O) groups is 2. The zero-order valence-corrected chi connectivity index (χ0v) is 14.1. The number of carboxylic acids is 1. The highest BCUT2D eigenvalue weighted by atomic mass is 32.1. The summed E-state index contributed by atoms with van der Waals surface area (Å²) in [5.74, 6) is -1.00. The first kappa shape index (κ1) is 17.5. The monoisotopic (exact) mass is 312 g/mol. The summed E-state index contributed by atoms with van der Waals surface area (Å²) in [6.07, 6.45) is 0.769. The van der Waals surface area contributed by atoms with Crippen LogP contribution in [0, 0.1) is 0 Å². The smallest absolute Gasteiger partial charge is 0.323 e. The SMILES string of the molecule is CC(Cc1cccs1)N(C)C(=O)N(CC(=O)O)C(C)(C)C. The number of urea groups is 1. The van der Waals surface area contributed by atoms with E-state index >= 15 is 0 Å². The van der Waals surface area contributed by atoms with Gasteiger partial charge in [0, 0.05) is 29.9 Å². The van der Waals surface area contributed by atoms with E-state index in [1.54, 1.807) is 23.3 Å². The lowest BCUT2D eigenvalue weighted by Gasteiger charge is -2.39. The van der Waals surface area contributed by atoms with Crippen LogP contribution in [0.25, 0.3) is 0 Å². The van der Waals surface area contributed by atoms with Gasteiger partial charge in [-0.3, -0.25) is 4.79 Å². The van der Waals surface area contributed by atoms with Crippen molar-refractivity contribution >= 4 is 23.3 Å². The van der Waals surface area contributed by atoms with E-state index in [2.05, 4.69) is 0 Å². The third-order valence-corrected chi connectivity index (χ3v) is 4.27. The number of aliphatic carboxylic acids is 1. The molecule has 0 spiro atoms. The van der Waals surface area contributed by atoms with Crippen LogP contribution in [0.5, 0.6) is 0 Å². The minimum Gasteiger partial charge on any atom is -0.480 e. The second-order valence-electron chi connectivity index (χ2n) is 6.18. The highest BCUT2D eigenvalue weighted by molar-refractivity contribution is 7.09. The molecule has 1 aromatic heterocycles. The van der Waals surface area contributed by atoms with Crippen LogP contribution in [-0.2, 0) is 11.2 Å². The first-order valence-corrected chi connectivity index (χ1v) is 7.79. The van der Waals surface area contributed by atoms with Gasteiger partial charge in [0.05, 0.1) is 0 Å². The summed E-state index contributed by atoms with van der Waals surface area (Å²) >= 11 is 1.66. The minimum atomic E-state index is -1.00. The third kappa shape index (κ3) is 5.04. The van der Waals surface area contributed by atoms with E-state index in [9.17, 15) is 9.59 Å². The molecule has 1 heterocycles. The first-order chi connectivity index (χ1) is 9.62. The van der Waals surface area contributed by atoms with Crippen molar-refractivity contribution in [2.45, 2.75) is 45.7 Å². The van der Waals surface area contributed by atoms with Crippen molar-refractivity contribution in [2.24, 2.45) is 0 Å². The van der Waals surface area contributed by atoms with Crippen LogP contribution in [0.15, 0.2) is 17.5 Å². The van der Waals surface area contributed by atoms with Crippen molar-refractivity contribution < 1.29 is 14.7 Å². The summed E-state index contributed by atoms with van der Waals surface area (Å²) in [4.78, 5) is 27.8. The van der Waals surface area contributed by atoms with Gasteiger partial charge in [0.1, 0.15) is 6.54 Å². The number of likely N-dealkylation sites (N-methyl/N-ethyl adjacent to an activating group) is 1. The molecule has 0 aliphatic carbocycles. The summed E-state index contributed by atoms with van der Waals surface area (Å²) in [5.41, 5.74) is -0.535. The van der Waals surface area contributed by atoms with Crippen molar-refractivity contribution in [1.29, 1.82) is 0 Å². The molecule has 1 unspecified atom stereocenters. The molecule has 0 saturated carbocycles. The fourth-order valence-electron chi connectivity index (χ4n) is 1.96. The predicted octanol–water partition coefficient (Wildman–Crippen LogP) is 2.92. The summed E-state index contributed by atoms with van der Waals surface area (Å²) in [6.45, 7) is 7.19. The Morgan fingerprint density at radius 2 is 2.00 bits per heavy atom. The maximum Gasteiger partial charge on any atom is 0.323 e. The first-order valence-electron chi connectivity index (χ1n) is 6.91. The van der Waals surface area contributed by atoms with Crippen LogP contribution < -0.4 is 0 Å². The second-order valence-corrected chi connectivity index (χ2v) is 7.21. The van der Waals surface area contributed by atoms with Gasteiger partial charge in [0.15, 0.2) is 0 Å². The normalized spacial score (nSPS) is 12.8. The molecular formula is C15H24N2O3S. The number of hydrogen-bond acceptors (Lipinski definition) is 3. The van der Waals surface area contributed by atoms with Crippen LogP contribution in [0.2, 0.25) is 0 Å². The fraction of sp³-hybridized carbons (Fsp3) is 0.600. The van der Waals surface area contributed by atoms with Gasteiger partial charge in [-0.2, -0.15) is 0 Å². The highest BCUT2D eigenvalue weighted by Gasteiger charge is 2.32. The highest BCUT2D eigenvalue weighted by Crippen LogP contribution is 2.18. The maximum atomic E-state index is 12.6.